The van der Waals surface area contributed by atoms with Gasteiger partial charge in [-0.15, -0.1) is 0 Å². The third-order valence-corrected chi connectivity index (χ3v) is 5.09. The number of urea groups is 1. The molecule has 0 radical (unpaired) electrons. The summed E-state index contributed by atoms with van der Waals surface area (Å²) in [6.07, 6.45) is 2.61. The molecule has 25 heavy (non-hydrogen) atoms. The van der Waals surface area contributed by atoms with E-state index in [2.05, 4.69) is 44.3 Å². The second kappa shape index (κ2) is 8.43. The fourth-order valence-electron chi connectivity index (χ4n) is 3.52. The molecule has 0 aromatic heterocycles. The van der Waals surface area contributed by atoms with E-state index >= 15 is 0 Å². The molecule has 2 amide bonds. The van der Waals surface area contributed by atoms with Crippen LogP contribution in [0.25, 0.3) is 0 Å². The Bertz CT molecular complexity index is 545. The van der Waals surface area contributed by atoms with Crippen molar-refractivity contribution >= 4 is 17.4 Å². The van der Waals surface area contributed by atoms with Crippen LogP contribution in [-0.2, 0) is 0 Å². The summed E-state index contributed by atoms with van der Waals surface area (Å²) in [6.45, 7) is 7.28. The van der Waals surface area contributed by atoms with Crippen LogP contribution in [0, 0.1) is 0 Å². The highest BCUT2D eigenvalue weighted by atomic mass is 16.2. The van der Waals surface area contributed by atoms with E-state index < -0.39 is 0 Å². The van der Waals surface area contributed by atoms with Crippen LogP contribution in [0.1, 0.15) is 12.8 Å². The average molecular weight is 345 g/mol. The minimum absolute atomic E-state index is 0.0610. The molecule has 6 nitrogen and oxygen atoms in total. The lowest BCUT2D eigenvalue weighted by atomic mass is 10.2. The van der Waals surface area contributed by atoms with E-state index in [4.69, 9.17) is 0 Å². The molecule has 0 bridgehead atoms. The molecule has 2 aliphatic rings. The summed E-state index contributed by atoms with van der Waals surface area (Å²) in [6, 6.07) is 8.98. The number of anilines is 2. The van der Waals surface area contributed by atoms with E-state index in [1.165, 1.54) is 37.3 Å². The van der Waals surface area contributed by atoms with Crippen molar-refractivity contribution in [3.8, 4) is 0 Å². The van der Waals surface area contributed by atoms with Gasteiger partial charge in [0, 0.05) is 63.7 Å². The van der Waals surface area contributed by atoms with Crippen LogP contribution in [0.2, 0.25) is 0 Å². The molecule has 0 spiro atoms. The summed E-state index contributed by atoms with van der Waals surface area (Å²) in [5, 5.41) is 3.00. The van der Waals surface area contributed by atoms with Crippen molar-refractivity contribution in [2.24, 2.45) is 0 Å². The maximum Gasteiger partial charge on any atom is 0.317 e. The fourth-order valence-corrected chi connectivity index (χ4v) is 3.52. The van der Waals surface area contributed by atoms with Crippen LogP contribution in [0.5, 0.6) is 0 Å². The Morgan fingerprint density at radius 3 is 1.96 bits per heavy atom. The molecule has 138 valence electrons. The fraction of sp³-hybridized carbons (Fsp3) is 0.632. The van der Waals surface area contributed by atoms with Gasteiger partial charge in [0.15, 0.2) is 0 Å². The molecule has 0 unspecified atom stereocenters. The van der Waals surface area contributed by atoms with E-state index in [1.807, 2.05) is 19.0 Å². The van der Waals surface area contributed by atoms with Gasteiger partial charge in [0.05, 0.1) is 0 Å². The first-order chi connectivity index (χ1) is 12.1. The third kappa shape index (κ3) is 4.78. The maximum absolute atomic E-state index is 12.2. The summed E-state index contributed by atoms with van der Waals surface area (Å²) >= 11 is 0. The number of likely N-dealkylation sites (N-methyl/N-ethyl adjacent to an activating group) is 1. The van der Waals surface area contributed by atoms with Crippen molar-refractivity contribution in [3.05, 3.63) is 24.3 Å². The van der Waals surface area contributed by atoms with Gasteiger partial charge < -0.3 is 24.9 Å². The van der Waals surface area contributed by atoms with Gasteiger partial charge in [-0.3, -0.25) is 0 Å². The highest BCUT2D eigenvalue weighted by Crippen LogP contribution is 2.24. The van der Waals surface area contributed by atoms with Crippen LogP contribution in [0.3, 0.4) is 0 Å². The van der Waals surface area contributed by atoms with E-state index in [9.17, 15) is 4.79 Å². The molecule has 2 saturated heterocycles. The quantitative estimate of drug-likeness (QED) is 0.882. The first-order valence-corrected chi connectivity index (χ1v) is 9.41. The van der Waals surface area contributed by atoms with Crippen molar-refractivity contribution in [1.29, 1.82) is 0 Å². The average Bonchev–Trinajstić information content (AvgIpc) is 3.16. The Labute approximate surface area is 151 Å². The van der Waals surface area contributed by atoms with Crippen molar-refractivity contribution in [2.45, 2.75) is 12.8 Å². The second-order valence-electron chi connectivity index (χ2n) is 7.22. The number of carbonyl (C=O) groups is 1. The van der Waals surface area contributed by atoms with Crippen molar-refractivity contribution < 1.29 is 4.79 Å². The molecule has 2 aliphatic heterocycles. The number of carbonyl (C=O) groups excluding carboxylic acids is 1. The standard InChI is InChI=1S/C19H31N5O/c1-21(2)12-9-20-19(25)24-15-13-23(14-16-24)18-7-5-17(6-8-18)22-10-3-4-11-22/h5-8H,3-4,9-16H2,1-2H3,(H,20,25). The zero-order valence-corrected chi connectivity index (χ0v) is 15.6. The van der Waals surface area contributed by atoms with Gasteiger partial charge in [0.25, 0.3) is 0 Å². The molecule has 6 heteroatoms. The molecule has 3 rings (SSSR count). The number of hydrogen-bond donors (Lipinski definition) is 1. The zero-order chi connectivity index (χ0) is 17.6. The molecular formula is C19H31N5O. The summed E-state index contributed by atoms with van der Waals surface area (Å²) in [5.74, 6) is 0. The number of rotatable bonds is 5. The smallest absolute Gasteiger partial charge is 0.317 e. The van der Waals surface area contributed by atoms with Gasteiger partial charge in [-0.05, 0) is 51.2 Å². The molecule has 1 aromatic rings. The summed E-state index contributed by atoms with van der Waals surface area (Å²) in [4.78, 5) is 21.0. The monoisotopic (exact) mass is 345 g/mol. The van der Waals surface area contributed by atoms with Crippen LogP contribution in [0.4, 0.5) is 16.2 Å². The lowest BCUT2D eigenvalue weighted by molar-refractivity contribution is 0.193. The maximum atomic E-state index is 12.2. The molecule has 0 atom stereocenters. The lowest BCUT2D eigenvalue weighted by Gasteiger charge is -2.36. The molecule has 2 fully saturated rings. The second-order valence-corrected chi connectivity index (χ2v) is 7.22. The van der Waals surface area contributed by atoms with E-state index in [-0.39, 0.29) is 6.03 Å². The largest absolute Gasteiger partial charge is 0.372 e. The molecule has 1 aromatic carbocycles. The number of amides is 2. The number of nitrogens with one attached hydrogen (secondary N) is 1. The van der Waals surface area contributed by atoms with Crippen molar-refractivity contribution in [1.82, 2.24) is 15.1 Å². The van der Waals surface area contributed by atoms with Crippen molar-refractivity contribution in [2.75, 3.05) is 76.3 Å². The van der Waals surface area contributed by atoms with Crippen LogP contribution in [-0.4, -0.2) is 82.3 Å². The first kappa shape index (κ1) is 17.9. The summed E-state index contributed by atoms with van der Waals surface area (Å²) in [7, 11) is 4.03. The minimum Gasteiger partial charge on any atom is -0.372 e. The molecule has 1 N–H and O–H groups in total. The van der Waals surface area contributed by atoms with Gasteiger partial charge in [-0.1, -0.05) is 0 Å². The van der Waals surface area contributed by atoms with E-state index in [1.54, 1.807) is 0 Å². The predicted molar refractivity (Wildman–Crippen MR) is 104 cm³/mol. The van der Waals surface area contributed by atoms with Gasteiger partial charge in [0.1, 0.15) is 0 Å². The highest BCUT2D eigenvalue weighted by molar-refractivity contribution is 5.74. The first-order valence-electron chi connectivity index (χ1n) is 9.41. The lowest BCUT2D eigenvalue weighted by Crippen LogP contribution is -2.52. The Balaban J connectivity index is 1.46. The van der Waals surface area contributed by atoms with Crippen molar-refractivity contribution in [3.63, 3.8) is 0 Å². The Hall–Kier alpha value is -1.95. The number of nitrogens with zero attached hydrogens (tertiary/aromatic N) is 4. The van der Waals surface area contributed by atoms with E-state index in [0.717, 1.165) is 32.7 Å². The van der Waals surface area contributed by atoms with Crippen LogP contribution < -0.4 is 15.1 Å². The predicted octanol–water partition coefficient (Wildman–Crippen LogP) is 1.68. The van der Waals surface area contributed by atoms with Gasteiger partial charge in [0.2, 0.25) is 0 Å². The SMILES string of the molecule is CN(C)CCNC(=O)N1CCN(c2ccc(N3CCCC3)cc2)CC1. The van der Waals surface area contributed by atoms with Gasteiger partial charge in [-0.25, -0.2) is 4.79 Å². The Kier molecular flexibility index (Phi) is 6.02. The number of hydrogen-bond acceptors (Lipinski definition) is 4. The summed E-state index contributed by atoms with van der Waals surface area (Å²) in [5.41, 5.74) is 2.59. The normalized spacial score (nSPS) is 18.1. The number of piperazine rings is 1. The van der Waals surface area contributed by atoms with E-state index in [0.29, 0.717) is 6.54 Å². The topological polar surface area (TPSA) is 42.1 Å². The third-order valence-electron chi connectivity index (χ3n) is 5.09. The van der Waals surface area contributed by atoms with Gasteiger partial charge >= 0.3 is 6.03 Å². The molecular weight excluding hydrogens is 314 g/mol. The van der Waals surface area contributed by atoms with Crippen LogP contribution >= 0.6 is 0 Å². The molecule has 2 heterocycles. The van der Waals surface area contributed by atoms with Gasteiger partial charge in [-0.2, -0.15) is 0 Å². The molecule has 0 aliphatic carbocycles. The summed E-state index contributed by atoms with van der Waals surface area (Å²) < 4.78 is 0. The molecule has 0 saturated carbocycles. The highest BCUT2D eigenvalue weighted by Gasteiger charge is 2.21. The van der Waals surface area contributed by atoms with Crippen LogP contribution in [0.15, 0.2) is 24.3 Å². The Morgan fingerprint density at radius 1 is 0.920 bits per heavy atom. The minimum atomic E-state index is 0.0610. The Morgan fingerprint density at radius 2 is 1.44 bits per heavy atom. The number of benzene rings is 1. The zero-order valence-electron chi connectivity index (χ0n) is 15.6.